The molecule has 1 aromatic rings. The summed E-state index contributed by atoms with van der Waals surface area (Å²) in [5.74, 6) is 0. The third-order valence-corrected chi connectivity index (χ3v) is 3.12. The van der Waals surface area contributed by atoms with Crippen LogP contribution in [0.3, 0.4) is 0 Å². The van der Waals surface area contributed by atoms with Gasteiger partial charge in [0, 0.05) is 24.0 Å². The number of thiazole rings is 1. The SMILES string of the molecule is c1csc(CC2CCCCN2)n1. The van der Waals surface area contributed by atoms with E-state index in [1.165, 1.54) is 30.8 Å². The smallest absolute Gasteiger partial charge is 0.0940 e. The van der Waals surface area contributed by atoms with E-state index in [1.807, 2.05) is 6.20 Å². The van der Waals surface area contributed by atoms with E-state index in [2.05, 4.69) is 15.7 Å². The number of aromatic nitrogens is 1. The molecule has 0 aromatic carbocycles. The molecule has 1 aliphatic heterocycles. The van der Waals surface area contributed by atoms with E-state index in [4.69, 9.17) is 0 Å². The van der Waals surface area contributed by atoms with Crippen molar-refractivity contribution in [2.45, 2.75) is 31.7 Å². The van der Waals surface area contributed by atoms with Crippen LogP contribution in [-0.4, -0.2) is 17.6 Å². The zero-order chi connectivity index (χ0) is 8.23. The van der Waals surface area contributed by atoms with Gasteiger partial charge in [-0.2, -0.15) is 0 Å². The Labute approximate surface area is 77.0 Å². The molecule has 0 saturated carbocycles. The maximum Gasteiger partial charge on any atom is 0.0940 e. The Morgan fingerprint density at radius 2 is 2.58 bits per heavy atom. The van der Waals surface area contributed by atoms with Gasteiger partial charge in [0.05, 0.1) is 5.01 Å². The molecule has 1 unspecified atom stereocenters. The third-order valence-electron chi connectivity index (χ3n) is 2.32. The Bertz CT molecular complexity index is 214. The van der Waals surface area contributed by atoms with Gasteiger partial charge in [-0.25, -0.2) is 4.98 Å². The monoisotopic (exact) mass is 182 g/mol. The van der Waals surface area contributed by atoms with E-state index >= 15 is 0 Å². The van der Waals surface area contributed by atoms with Crippen molar-refractivity contribution < 1.29 is 0 Å². The summed E-state index contributed by atoms with van der Waals surface area (Å²) in [6, 6.07) is 0.685. The van der Waals surface area contributed by atoms with Crippen molar-refractivity contribution in [2.75, 3.05) is 6.54 Å². The van der Waals surface area contributed by atoms with Gasteiger partial charge in [-0.3, -0.25) is 0 Å². The van der Waals surface area contributed by atoms with Crippen molar-refractivity contribution in [3.63, 3.8) is 0 Å². The van der Waals surface area contributed by atoms with Crippen LogP contribution in [0, 0.1) is 0 Å². The quantitative estimate of drug-likeness (QED) is 0.754. The molecule has 1 N–H and O–H groups in total. The summed E-state index contributed by atoms with van der Waals surface area (Å²) in [7, 11) is 0. The van der Waals surface area contributed by atoms with Gasteiger partial charge >= 0.3 is 0 Å². The fourth-order valence-electron chi connectivity index (χ4n) is 1.66. The molecule has 2 heterocycles. The van der Waals surface area contributed by atoms with Gasteiger partial charge in [0.2, 0.25) is 0 Å². The summed E-state index contributed by atoms with van der Waals surface area (Å²) in [5.41, 5.74) is 0. The summed E-state index contributed by atoms with van der Waals surface area (Å²) >= 11 is 1.77. The Balaban J connectivity index is 1.86. The molecule has 0 bridgehead atoms. The van der Waals surface area contributed by atoms with E-state index in [-0.39, 0.29) is 0 Å². The maximum absolute atomic E-state index is 4.29. The molecule has 3 heteroatoms. The van der Waals surface area contributed by atoms with Crippen molar-refractivity contribution in [3.05, 3.63) is 16.6 Å². The molecule has 0 aliphatic carbocycles. The minimum Gasteiger partial charge on any atom is -0.314 e. The predicted molar refractivity (Wildman–Crippen MR) is 51.5 cm³/mol. The van der Waals surface area contributed by atoms with Gasteiger partial charge in [-0.1, -0.05) is 6.42 Å². The summed E-state index contributed by atoms with van der Waals surface area (Å²) in [6.45, 7) is 1.19. The van der Waals surface area contributed by atoms with Crippen molar-refractivity contribution in [1.82, 2.24) is 10.3 Å². The highest BCUT2D eigenvalue weighted by Gasteiger charge is 2.13. The Morgan fingerprint density at radius 3 is 3.25 bits per heavy atom. The van der Waals surface area contributed by atoms with Gasteiger partial charge in [-0.05, 0) is 19.4 Å². The topological polar surface area (TPSA) is 24.9 Å². The normalized spacial score (nSPS) is 24.2. The van der Waals surface area contributed by atoms with E-state index < -0.39 is 0 Å². The van der Waals surface area contributed by atoms with E-state index in [9.17, 15) is 0 Å². The van der Waals surface area contributed by atoms with Crippen LogP contribution in [0.15, 0.2) is 11.6 Å². The highest BCUT2D eigenvalue weighted by atomic mass is 32.1. The van der Waals surface area contributed by atoms with Gasteiger partial charge in [0.25, 0.3) is 0 Å². The standard InChI is InChI=1S/C9H14N2S/c1-2-4-10-8(3-1)7-9-11-5-6-12-9/h5-6,8,10H,1-4,7H2. The number of hydrogen-bond acceptors (Lipinski definition) is 3. The van der Waals surface area contributed by atoms with Crippen LogP contribution < -0.4 is 5.32 Å². The number of rotatable bonds is 2. The zero-order valence-electron chi connectivity index (χ0n) is 7.12. The average Bonchev–Trinajstić information content (AvgIpc) is 2.59. The zero-order valence-corrected chi connectivity index (χ0v) is 7.94. The first-order valence-corrected chi connectivity index (χ1v) is 5.45. The second-order valence-electron chi connectivity index (χ2n) is 3.28. The van der Waals surface area contributed by atoms with E-state index in [0.29, 0.717) is 6.04 Å². The average molecular weight is 182 g/mol. The minimum absolute atomic E-state index is 0.685. The van der Waals surface area contributed by atoms with E-state index in [0.717, 1.165) is 6.42 Å². The molecule has 1 aliphatic rings. The van der Waals surface area contributed by atoms with Crippen LogP contribution in [0.1, 0.15) is 24.3 Å². The number of nitrogens with one attached hydrogen (secondary N) is 1. The third kappa shape index (κ3) is 2.05. The molecular formula is C9H14N2S. The lowest BCUT2D eigenvalue weighted by Gasteiger charge is -2.22. The van der Waals surface area contributed by atoms with Crippen LogP contribution in [0.2, 0.25) is 0 Å². The maximum atomic E-state index is 4.29. The van der Waals surface area contributed by atoms with Gasteiger partial charge in [0.1, 0.15) is 0 Å². The van der Waals surface area contributed by atoms with Gasteiger partial charge in [-0.15, -0.1) is 11.3 Å². The second-order valence-corrected chi connectivity index (χ2v) is 4.26. The van der Waals surface area contributed by atoms with E-state index in [1.54, 1.807) is 11.3 Å². The first kappa shape index (κ1) is 8.20. The molecule has 1 aromatic heterocycles. The molecule has 1 atom stereocenters. The van der Waals surface area contributed by atoms with Crippen LogP contribution in [0.4, 0.5) is 0 Å². The van der Waals surface area contributed by atoms with Gasteiger partial charge in [0.15, 0.2) is 0 Å². The second kappa shape index (κ2) is 4.01. The van der Waals surface area contributed by atoms with Crippen molar-refractivity contribution in [3.8, 4) is 0 Å². The summed E-state index contributed by atoms with van der Waals surface area (Å²) in [6.07, 6.45) is 7.05. The largest absolute Gasteiger partial charge is 0.314 e. The minimum atomic E-state index is 0.685. The molecule has 2 nitrogen and oxygen atoms in total. The first-order valence-electron chi connectivity index (χ1n) is 4.57. The lowest BCUT2D eigenvalue weighted by molar-refractivity contribution is 0.399. The molecule has 12 heavy (non-hydrogen) atoms. The fraction of sp³-hybridized carbons (Fsp3) is 0.667. The Morgan fingerprint density at radius 1 is 1.58 bits per heavy atom. The van der Waals surface area contributed by atoms with Gasteiger partial charge < -0.3 is 5.32 Å². The predicted octanol–water partition coefficient (Wildman–Crippen LogP) is 1.83. The van der Waals surface area contributed by atoms with Crippen molar-refractivity contribution in [1.29, 1.82) is 0 Å². The highest BCUT2D eigenvalue weighted by Crippen LogP contribution is 2.13. The number of piperidine rings is 1. The summed E-state index contributed by atoms with van der Waals surface area (Å²) < 4.78 is 0. The highest BCUT2D eigenvalue weighted by molar-refractivity contribution is 7.09. The molecule has 2 rings (SSSR count). The number of hydrogen-bond donors (Lipinski definition) is 1. The van der Waals surface area contributed by atoms with Crippen molar-refractivity contribution in [2.24, 2.45) is 0 Å². The summed E-state index contributed by atoms with van der Waals surface area (Å²) in [4.78, 5) is 4.29. The number of nitrogens with zero attached hydrogens (tertiary/aromatic N) is 1. The Kier molecular flexibility index (Phi) is 2.74. The molecular weight excluding hydrogens is 168 g/mol. The molecule has 0 radical (unpaired) electrons. The molecule has 0 amide bonds. The van der Waals surface area contributed by atoms with Crippen LogP contribution in [0.25, 0.3) is 0 Å². The molecule has 66 valence electrons. The van der Waals surface area contributed by atoms with Crippen molar-refractivity contribution >= 4 is 11.3 Å². The Hall–Kier alpha value is -0.410. The first-order chi connectivity index (χ1) is 5.95. The lowest BCUT2D eigenvalue weighted by atomic mass is 10.0. The van der Waals surface area contributed by atoms with Crippen LogP contribution >= 0.6 is 11.3 Å². The lowest BCUT2D eigenvalue weighted by Crippen LogP contribution is -2.35. The summed E-state index contributed by atoms with van der Waals surface area (Å²) in [5, 5.41) is 6.85. The van der Waals surface area contributed by atoms with Crippen LogP contribution in [0.5, 0.6) is 0 Å². The molecule has 0 spiro atoms. The molecule has 1 fully saturated rings. The van der Waals surface area contributed by atoms with Crippen LogP contribution in [-0.2, 0) is 6.42 Å². The molecule has 1 saturated heterocycles. The fourth-order valence-corrected chi connectivity index (χ4v) is 2.36.